The van der Waals surface area contributed by atoms with E-state index in [4.69, 9.17) is 0 Å². The molecule has 4 rings (SSSR count). The summed E-state index contributed by atoms with van der Waals surface area (Å²) in [6.07, 6.45) is 4.71. The van der Waals surface area contributed by atoms with Crippen molar-refractivity contribution >= 4 is 39.1 Å². The van der Waals surface area contributed by atoms with E-state index in [9.17, 15) is 14.7 Å². The largest absolute Gasteiger partial charge is 0.481 e. The van der Waals surface area contributed by atoms with Gasteiger partial charge in [-0.3, -0.25) is 9.59 Å². The van der Waals surface area contributed by atoms with Crippen molar-refractivity contribution in [1.29, 1.82) is 0 Å². The van der Waals surface area contributed by atoms with Crippen LogP contribution in [0.1, 0.15) is 31.2 Å². The molecule has 1 fully saturated rings. The third-order valence-electron chi connectivity index (χ3n) is 5.21. The number of rotatable bonds is 4. The number of carboxylic acid groups (broad SMARTS) is 1. The summed E-state index contributed by atoms with van der Waals surface area (Å²) in [5.41, 5.74) is 1.63. The van der Waals surface area contributed by atoms with E-state index in [1.807, 2.05) is 30.4 Å². The molecule has 1 saturated carbocycles. The fourth-order valence-electron chi connectivity index (χ4n) is 4.01. The van der Waals surface area contributed by atoms with E-state index < -0.39 is 17.8 Å². The van der Waals surface area contributed by atoms with Crippen molar-refractivity contribution in [1.82, 2.24) is 4.98 Å². The Balaban J connectivity index is 1.57. The van der Waals surface area contributed by atoms with E-state index >= 15 is 0 Å². The summed E-state index contributed by atoms with van der Waals surface area (Å²) in [6.45, 7) is 4.21. The van der Waals surface area contributed by atoms with Gasteiger partial charge in [0.1, 0.15) is 0 Å². The Bertz CT molecular complexity index is 886. The van der Waals surface area contributed by atoms with Gasteiger partial charge in [0.2, 0.25) is 5.91 Å². The molecule has 0 saturated heterocycles. The Kier molecular flexibility index (Phi) is 3.87. The van der Waals surface area contributed by atoms with Crippen LogP contribution in [0.3, 0.4) is 0 Å². The molecule has 0 spiro atoms. The van der Waals surface area contributed by atoms with Crippen molar-refractivity contribution in [3.8, 4) is 0 Å². The highest BCUT2D eigenvalue weighted by Crippen LogP contribution is 2.48. The first-order chi connectivity index (χ1) is 11.9. The van der Waals surface area contributed by atoms with Crippen molar-refractivity contribution in [2.75, 3.05) is 5.32 Å². The zero-order chi connectivity index (χ0) is 17.7. The number of aromatic nitrogens is 1. The molecule has 1 heterocycles. The first-order valence-corrected chi connectivity index (χ1v) is 9.38. The number of carbonyl (C=O) groups excluding carboxylic acids is 1. The van der Waals surface area contributed by atoms with Gasteiger partial charge in [0.15, 0.2) is 0 Å². The number of hydrogen-bond donors (Lipinski definition) is 2. The summed E-state index contributed by atoms with van der Waals surface area (Å²) in [6, 6.07) is 5.67. The number of fused-ring (bicyclic) bond motifs is 3. The van der Waals surface area contributed by atoms with Crippen LogP contribution in [0, 0.1) is 23.7 Å². The molecule has 2 bridgehead atoms. The molecule has 1 amide bonds. The molecule has 5 nitrogen and oxygen atoms in total. The van der Waals surface area contributed by atoms with Crippen molar-refractivity contribution in [3.63, 3.8) is 0 Å². The minimum atomic E-state index is -0.878. The minimum absolute atomic E-state index is 0.0178. The van der Waals surface area contributed by atoms with Crippen LogP contribution in [0.4, 0.5) is 5.69 Å². The van der Waals surface area contributed by atoms with Crippen LogP contribution < -0.4 is 5.32 Å². The molecule has 4 atom stereocenters. The van der Waals surface area contributed by atoms with Crippen LogP contribution >= 0.6 is 11.3 Å². The predicted molar refractivity (Wildman–Crippen MR) is 97.7 cm³/mol. The summed E-state index contributed by atoms with van der Waals surface area (Å²) < 4.78 is 1.03. The zero-order valence-corrected chi connectivity index (χ0v) is 14.9. The lowest BCUT2D eigenvalue weighted by Gasteiger charge is -2.23. The lowest BCUT2D eigenvalue weighted by molar-refractivity contribution is -0.146. The van der Waals surface area contributed by atoms with Crippen molar-refractivity contribution < 1.29 is 14.7 Å². The molecule has 25 heavy (non-hydrogen) atoms. The molecule has 0 radical (unpaired) electrons. The van der Waals surface area contributed by atoms with Crippen molar-refractivity contribution in [3.05, 3.63) is 35.4 Å². The van der Waals surface area contributed by atoms with E-state index in [-0.39, 0.29) is 17.7 Å². The van der Waals surface area contributed by atoms with Gasteiger partial charge in [0.05, 0.1) is 27.1 Å². The Morgan fingerprint density at radius 3 is 2.64 bits per heavy atom. The number of anilines is 1. The van der Waals surface area contributed by atoms with Crippen LogP contribution in [0.15, 0.2) is 30.4 Å². The summed E-state index contributed by atoms with van der Waals surface area (Å²) in [5, 5.41) is 13.5. The summed E-state index contributed by atoms with van der Waals surface area (Å²) in [5.74, 6) is -1.80. The molecule has 6 heteroatoms. The van der Waals surface area contributed by atoms with Gasteiger partial charge in [-0.25, -0.2) is 4.98 Å². The van der Waals surface area contributed by atoms with Gasteiger partial charge < -0.3 is 10.4 Å². The maximum atomic E-state index is 12.7. The molecule has 1 aromatic carbocycles. The van der Waals surface area contributed by atoms with Crippen LogP contribution in [-0.4, -0.2) is 22.0 Å². The quantitative estimate of drug-likeness (QED) is 0.815. The number of nitrogens with one attached hydrogen (secondary N) is 1. The van der Waals surface area contributed by atoms with Gasteiger partial charge in [-0.1, -0.05) is 26.0 Å². The number of hydrogen-bond acceptors (Lipinski definition) is 4. The molecular formula is C19H20N2O3S. The molecule has 2 aliphatic carbocycles. The maximum absolute atomic E-state index is 12.7. The average molecular weight is 356 g/mol. The highest BCUT2D eigenvalue weighted by atomic mass is 32.1. The van der Waals surface area contributed by atoms with E-state index in [1.165, 1.54) is 0 Å². The molecule has 0 unspecified atom stereocenters. The molecule has 2 N–H and O–H groups in total. The fourth-order valence-corrected chi connectivity index (χ4v) is 5.02. The second kappa shape index (κ2) is 5.95. The molecule has 1 aromatic heterocycles. The number of aliphatic carboxylic acids is 1. The smallest absolute Gasteiger partial charge is 0.307 e. The highest BCUT2D eigenvalue weighted by molar-refractivity contribution is 7.18. The number of allylic oxidation sites excluding steroid dienone is 2. The molecule has 0 aliphatic heterocycles. The predicted octanol–water partition coefficient (Wildman–Crippen LogP) is 3.88. The highest BCUT2D eigenvalue weighted by Gasteiger charge is 2.51. The molecule has 2 aliphatic rings. The van der Waals surface area contributed by atoms with E-state index in [1.54, 1.807) is 11.3 Å². The van der Waals surface area contributed by atoms with Crippen LogP contribution in [0.2, 0.25) is 0 Å². The van der Waals surface area contributed by atoms with Gasteiger partial charge in [-0.2, -0.15) is 0 Å². The molecule has 130 valence electrons. The number of carboxylic acids is 1. The van der Waals surface area contributed by atoms with Gasteiger partial charge in [0.25, 0.3) is 0 Å². The van der Waals surface area contributed by atoms with Gasteiger partial charge in [-0.15, -0.1) is 11.3 Å². The van der Waals surface area contributed by atoms with Crippen LogP contribution in [0.5, 0.6) is 0 Å². The maximum Gasteiger partial charge on any atom is 0.307 e. The first kappa shape index (κ1) is 16.3. The molecule has 2 aromatic rings. The van der Waals surface area contributed by atoms with Gasteiger partial charge in [0, 0.05) is 11.6 Å². The number of amides is 1. The Morgan fingerprint density at radius 1 is 1.24 bits per heavy atom. The Morgan fingerprint density at radius 2 is 1.96 bits per heavy atom. The lowest BCUT2D eigenvalue weighted by Crippen LogP contribution is -2.36. The second-order valence-electron chi connectivity index (χ2n) is 7.22. The number of carbonyl (C=O) groups is 2. The zero-order valence-electron chi connectivity index (χ0n) is 14.1. The van der Waals surface area contributed by atoms with Gasteiger partial charge >= 0.3 is 5.97 Å². The van der Waals surface area contributed by atoms with Crippen LogP contribution in [-0.2, 0) is 9.59 Å². The normalized spacial score (nSPS) is 27.3. The topological polar surface area (TPSA) is 79.3 Å². The number of thiazole rings is 1. The third-order valence-corrected chi connectivity index (χ3v) is 6.53. The standard InChI is InChI=1S/C19H20N2O3S/c1-9(2)18-21-13-6-5-12(8-14(13)25-18)20-17(22)15-10-3-4-11(7-10)16(15)19(23)24/h3-6,8-11,15-16H,7H2,1-2H3,(H,20,22)(H,23,24)/t10-,11-,15+,16-/m0/s1. The van der Waals surface area contributed by atoms with E-state index in [2.05, 4.69) is 24.1 Å². The fraction of sp³-hybridized carbons (Fsp3) is 0.421. The lowest BCUT2D eigenvalue weighted by atomic mass is 9.82. The van der Waals surface area contributed by atoms with Crippen molar-refractivity contribution in [2.24, 2.45) is 23.7 Å². The summed E-state index contributed by atoms with van der Waals surface area (Å²) in [4.78, 5) is 28.9. The number of nitrogens with zero attached hydrogens (tertiary/aromatic N) is 1. The van der Waals surface area contributed by atoms with E-state index in [0.29, 0.717) is 11.6 Å². The SMILES string of the molecule is CC(C)c1nc2ccc(NC(=O)[C@H]3[C@@H](C(=O)O)[C@H]4C=C[C@H]3C4)cc2s1. The van der Waals surface area contributed by atoms with Crippen LogP contribution in [0.25, 0.3) is 10.2 Å². The summed E-state index contributed by atoms with van der Waals surface area (Å²) >= 11 is 1.63. The average Bonchev–Trinajstić information content (AvgIpc) is 3.27. The minimum Gasteiger partial charge on any atom is -0.481 e. The Labute approximate surface area is 149 Å². The van der Waals surface area contributed by atoms with Gasteiger partial charge in [-0.05, 0) is 36.5 Å². The Hall–Kier alpha value is -2.21. The third kappa shape index (κ3) is 2.74. The molecular weight excluding hydrogens is 336 g/mol. The summed E-state index contributed by atoms with van der Waals surface area (Å²) in [7, 11) is 0. The first-order valence-electron chi connectivity index (χ1n) is 8.56. The van der Waals surface area contributed by atoms with Crippen molar-refractivity contribution in [2.45, 2.75) is 26.2 Å². The second-order valence-corrected chi connectivity index (χ2v) is 8.28. The monoisotopic (exact) mass is 356 g/mol. The number of benzene rings is 1. The van der Waals surface area contributed by atoms with E-state index in [0.717, 1.165) is 21.6 Å².